The number of urea groups is 1. The Morgan fingerprint density at radius 3 is 2.67 bits per heavy atom. The van der Waals surface area contributed by atoms with Gasteiger partial charge in [0.1, 0.15) is 6.54 Å². The van der Waals surface area contributed by atoms with Gasteiger partial charge in [0.2, 0.25) is 0 Å². The Labute approximate surface area is 107 Å². The van der Waals surface area contributed by atoms with Gasteiger partial charge in [-0.3, -0.25) is 4.79 Å². The molecule has 2 N–H and O–H groups in total. The number of amides is 2. The summed E-state index contributed by atoms with van der Waals surface area (Å²) in [7, 11) is 2.01. The van der Waals surface area contributed by atoms with Gasteiger partial charge in [-0.2, -0.15) is 0 Å². The molecule has 1 fully saturated rings. The standard InChI is InChI=1S/C12H19N3O3/c1-3-7-15(9-11(16)17)12(18)13-6-8-14(2)10-4-5-10/h1,10H,4-9H2,2H3,(H,13,18)(H,16,17). The monoisotopic (exact) mass is 253 g/mol. The van der Waals surface area contributed by atoms with Gasteiger partial charge in [-0.05, 0) is 19.9 Å². The lowest BCUT2D eigenvalue weighted by atomic mass is 10.4. The Balaban J connectivity index is 2.27. The van der Waals surface area contributed by atoms with Gasteiger partial charge in [-0.1, -0.05) is 5.92 Å². The van der Waals surface area contributed by atoms with Crippen LogP contribution in [0.4, 0.5) is 4.79 Å². The molecule has 0 aromatic carbocycles. The highest BCUT2D eigenvalue weighted by molar-refractivity contribution is 5.80. The highest BCUT2D eigenvalue weighted by Crippen LogP contribution is 2.24. The molecular weight excluding hydrogens is 234 g/mol. The third kappa shape index (κ3) is 5.06. The number of rotatable bonds is 7. The van der Waals surface area contributed by atoms with Crippen LogP contribution < -0.4 is 5.32 Å². The maximum Gasteiger partial charge on any atom is 0.323 e. The van der Waals surface area contributed by atoms with Crippen LogP contribution in [0.15, 0.2) is 0 Å². The first-order valence-corrected chi connectivity index (χ1v) is 5.93. The summed E-state index contributed by atoms with van der Waals surface area (Å²) in [5.74, 6) is 1.20. The van der Waals surface area contributed by atoms with E-state index < -0.39 is 12.0 Å². The third-order valence-corrected chi connectivity index (χ3v) is 2.81. The molecule has 0 aliphatic heterocycles. The summed E-state index contributed by atoms with van der Waals surface area (Å²) in [5.41, 5.74) is 0. The Bertz CT molecular complexity index is 347. The summed E-state index contributed by atoms with van der Waals surface area (Å²) >= 11 is 0. The van der Waals surface area contributed by atoms with Crippen LogP contribution in [0.25, 0.3) is 0 Å². The summed E-state index contributed by atoms with van der Waals surface area (Å²) in [6, 6.07) is 0.210. The van der Waals surface area contributed by atoms with Crippen LogP contribution in [0, 0.1) is 12.3 Å². The van der Waals surface area contributed by atoms with E-state index in [2.05, 4.69) is 16.1 Å². The first-order valence-electron chi connectivity index (χ1n) is 5.93. The fourth-order valence-electron chi connectivity index (χ4n) is 1.62. The Morgan fingerprint density at radius 2 is 2.17 bits per heavy atom. The lowest BCUT2D eigenvalue weighted by molar-refractivity contribution is -0.137. The van der Waals surface area contributed by atoms with E-state index in [0.717, 1.165) is 11.4 Å². The maximum absolute atomic E-state index is 11.7. The highest BCUT2D eigenvalue weighted by Gasteiger charge is 2.25. The van der Waals surface area contributed by atoms with Crippen LogP contribution in [0.2, 0.25) is 0 Å². The highest BCUT2D eigenvalue weighted by atomic mass is 16.4. The summed E-state index contributed by atoms with van der Waals surface area (Å²) in [5, 5.41) is 11.3. The van der Waals surface area contributed by atoms with E-state index in [0.29, 0.717) is 12.6 Å². The first-order chi connectivity index (χ1) is 8.54. The molecule has 0 saturated heterocycles. The first kappa shape index (κ1) is 14.3. The number of carboxylic acid groups (broad SMARTS) is 1. The van der Waals surface area contributed by atoms with Crippen molar-refractivity contribution in [3.63, 3.8) is 0 Å². The topological polar surface area (TPSA) is 72.9 Å². The van der Waals surface area contributed by atoms with Gasteiger partial charge < -0.3 is 20.2 Å². The van der Waals surface area contributed by atoms with Crippen LogP contribution in [0.3, 0.4) is 0 Å². The molecule has 1 saturated carbocycles. The molecule has 1 aliphatic carbocycles. The Kier molecular flexibility index (Phi) is 5.46. The number of hydrogen-bond donors (Lipinski definition) is 2. The third-order valence-electron chi connectivity index (χ3n) is 2.81. The molecule has 0 unspecified atom stereocenters. The second kappa shape index (κ2) is 6.87. The predicted molar refractivity (Wildman–Crippen MR) is 67.1 cm³/mol. The summed E-state index contributed by atoms with van der Waals surface area (Å²) in [4.78, 5) is 25.5. The minimum Gasteiger partial charge on any atom is -0.480 e. The molecule has 0 atom stereocenters. The van der Waals surface area contributed by atoms with Crippen LogP contribution in [0.1, 0.15) is 12.8 Å². The summed E-state index contributed by atoms with van der Waals surface area (Å²) in [6.45, 7) is 0.866. The minimum absolute atomic E-state index is 0.00338. The molecule has 1 rings (SSSR count). The zero-order valence-corrected chi connectivity index (χ0v) is 10.6. The number of nitrogens with zero attached hydrogens (tertiary/aromatic N) is 2. The van der Waals surface area contributed by atoms with Crippen molar-refractivity contribution in [2.45, 2.75) is 18.9 Å². The Hall–Kier alpha value is -1.74. The number of terminal acetylenes is 1. The number of nitrogens with one attached hydrogen (secondary N) is 1. The molecule has 0 heterocycles. The second-order valence-electron chi connectivity index (χ2n) is 4.40. The van der Waals surface area contributed by atoms with Crippen LogP contribution in [0.5, 0.6) is 0 Å². The fourth-order valence-corrected chi connectivity index (χ4v) is 1.62. The van der Waals surface area contributed by atoms with Crippen molar-refractivity contribution in [3.8, 4) is 12.3 Å². The van der Waals surface area contributed by atoms with Crippen molar-refractivity contribution >= 4 is 12.0 Å². The summed E-state index contributed by atoms with van der Waals surface area (Å²) in [6.07, 6.45) is 7.52. The van der Waals surface area contributed by atoms with Gasteiger partial charge in [0.25, 0.3) is 0 Å². The van der Waals surface area contributed by atoms with Crippen molar-refractivity contribution < 1.29 is 14.7 Å². The number of hydrogen-bond acceptors (Lipinski definition) is 3. The van der Waals surface area contributed by atoms with Crippen molar-refractivity contribution in [1.29, 1.82) is 0 Å². The maximum atomic E-state index is 11.7. The average Bonchev–Trinajstić information content (AvgIpc) is 3.11. The second-order valence-corrected chi connectivity index (χ2v) is 4.40. The molecule has 0 radical (unpaired) electrons. The molecule has 6 nitrogen and oxygen atoms in total. The normalized spacial score (nSPS) is 14.1. The van der Waals surface area contributed by atoms with E-state index in [9.17, 15) is 9.59 Å². The largest absolute Gasteiger partial charge is 0.480 e. The van der Waals surface area contributed by atoms with Crippen molar-refractivity contribution in [2.24, 2.45) is 0 Å². The SMILES string of the molecule is C#CCN(CC(=O)O)C(=O)NCCN(C)C1CC1. The van der Waals surface area contributed by atoms with E-state index >= 15 is 0 Å². The van der Waals surface area contributed by atoms with E-state index in [1.54, 1.807) is 0 Å². The molecule has 0 aromatic heterocycles. The summed E-state index contributed by atoms with van der Waals surface area (Å²) < 4.78 is 0. The van der Waals surface area contributed by atoms with E-state index in [1.165, 1.54) is 12.8 Å². The molecule has 1 aliphatic rings. The van der Waals surface area contributed by atoms with Gasteiger partial charge in [-0.15, -0.1) is 6.42 Å². The number of likely N-dealkylation sites (N-methyl/N-ethyl adjacent to an activating group) is 1. The average molecular weight is 253 g/mol. The molecule has 2 amide bonds. The van der Waals surface area contributed by atoms with Gasteiger partial charge in [-0.25, -0.2) is 4.79 Å². The smallest absolute Gasteiger partial charge is 0.323 e. The molecule has 0 spiro atoms. The molecule has 18 heavy (non-hydrogen) atoms. The molecule has 0 aromatic rings. The number of carbonyl (C=O) groups is 2. The quantitative estimate of drug-likeness (QED) is 0.617. The predicted octanol–water partition coefficient (Wildman–Crippen LogP) is -0.190. The van der Waals surface area contributed by atoms with Gasteiger partial charge >= 0.3 is 12.0 Å². The molecule has 100 valence electrons. The van der Waals surface area contributed by atoms with Gasteiger partial charge in [0.05, 0.1) is 6.54 Å². The van der Waals surface area contributed by atoms with E-state index in [1.807, 2.05) is 7.05 Å². The zero-order chi connectivity index (χ0) is 13.5. The van der Waals surface area contributed by atoms with E-state index in [4.69, 9.17) is 11.5 Å². The van der Waals surface area contributed by atoms with Crippen molar-refractivity contribution in [3.05, 3.63) is 0 Å². The fraction of sp³-hybridized carbons (Fsp3) is 0.667. The molecular formula is C12H19N3O3. The lowest BCUT2D eigenvalue weighted by Gasteiger charge is -2.20. The van der Waals surface area contributed by atoms with Crippen molar-refractivity contribution in [2.75, 3.05) is 33.2 Å². The number of carboxylic acids is 1. The number of aliphatic carboxylic acids is 1. The lowest BCUT2D eigenvalue weighted by Crippen LogP contribution is -2.45. The van der Waals surface area contributed by atoms with E-state index in [-0.39, 0.29) is 13.1 Å². The molecule has 6 heteroatoms. The Morgan fingerprint density at radius 1 is 1.50 bits per heavy atom. The minimum atomic E-state index is -1.07. The zero-order valence-electron chi connectivity index (χ0n) is 10.6. The van der Waals surface area contributed by atoms with Gasteiger partial charge in [0, 0.05) is 19.1 Å². The van der Waals surface area contributed by atoms with Crippen LogP contribution in [-0.2, 0) is 4.79 Å². The number of carbonyl (C=O) groups excluding carboxylic acids is 1. The van der Waals surface area contributed by atoms with Crippen LogP contribution in [-0.4, -0.2) is 66.2 Å². The van der Waals surface area contributed by atoms with Gasteiger partial charge in [0.15, 0.2) is 0 Å². The van der Waals surface area contributed by atoms with Crippen LogP contribution >= 0.6 is 0 Å². The van der Waals surface area contributed by atoms with Crippen molar-refractivity contribution in [1.82, 2.24) is 15.1 Å². The molecule has 0 bridgehead atoms.